The third-order valence-electron chi connectivity index (χ3n) is 2.30. The highest BCUT2D eigenvalue weighted by Gasteiger charge is 2.18. The van der Waals surface area contributed by atoms with Crippen molar-refractivity contribution in [1.82, 2.24) is 0 Å². The van der Waals surface area contributed by atoms with E-state index in [2.05, 4.69) is 0 Å². The lowest BCUT2D eigenvalue weighted by Crippen LogP contribution is -2.21. The van der Waals surface area contributed by atoms with Crippen LogP contribution >= 0.6 is 0 Å². The Kier molecular flexibility index (Phi) is 3.68. The fourth-order valence-corrected chi connectivity index (χ4v) is 1.38. The lowest BCUT2D eigenvalue weighted by Gasteiger charge is -2.13. The van der Waals surface area contributed by atoms with Crippen molar-refractivity contribution in [3.05, 3.63) is 29.3 Å². The fraction of sp³-hybridized carbons (Fsp3) is 0.364. The first-order valence-electron chi connectivity index (χ1n) is 4.75. The summed E-state index contributed by atoms with van der Waals surface area (Å²) in [5.74, 6) is -0.538. The number of aliphatic carboxylic acids is 1. The molecule has 0 fully saturated rings. The van der Waals surface area contributed by atoms with Crippen LogP contribution in [0.25, 0.3) is 0 Å². The van der Waals surface area contributed by atoms with Crippen molar-refractivity contribution >= 4 is 5.97 Å². The van der Waals surface area contributed by atoms with E-state index in [0.717, 1.165) is 12.0 Å². The van der Waals surface area contributed by atoms with E-state index in [-0.39, 0.29) is 0 Å². The summed E-state index contributed by atoms with van der Waals surface area (Å²) in [6, 6.07) is 4.39. The molecular weight excluding hydrogens is 194 g/mol. The van der Waals surface area contributed by atoms with Crippen molar-refractivity contribution in [2.75, 3.05) is 7.11 Å². The van der Waals surface area contributed by atoms with Crippen LogP contribution in [0.2, 0.25) is 0 Å². The number of carbonyl (C=O) groups is 1. The maximum atomic E-state index is 10.8. The second-order valence-corrected chi connectivity index (χ2v) is 3.25. The molecule has 0 aromatic heterocycles. The zero-order valence-corrected chi connectivity index (χ0v) is 8.86. The van der Waals surface area contributed by atoms with Crippen LogP contribution in [-0.4, -0.2) is 18.2 Å². The molecule has 1 rings (SSSR count). The Hall–Kier alpha value is -1.55. The lowest BCUT2D eigenvalue weighted by molar-refractivity contribution is -0.138. The summed E-state index contributed by atoms with van der Waals surface area (Å²) in [6.45, 7) is 2.00. The largest absolute Gasteiger partial charge is 0.496 e. The van der Waals surface area contributed by atoms with Crippen molar-refractivity contribution in [2.24, 2.45) is 5.73 Å². The number of ether oxygens (including phenoxy) is 1. The normalized spacial score (nSPS) is 12.2. The van der Waals surface area contributed by atoms with Gasteiger partial charge in [-0.05, 0) is 24.1 Å². The first-order chi connectivity index (χ1) is 7.10. The number of hydrogen-bond acceptors (Lipinski definition) is 3. The van der Waals surface area contributed by atoms with Gasteiger partial charge in [-0.3, -0.25) is 4.79 Å². The summed E-state index contributed by atoms with van der Waals surface area (Å²) in [7, 11) is 1.50. The Morgan fingerprint density at radius 1 is 1.60 bits per heavy atom. The monoisotopic (exact) mass is 209 g/mol. The molecule has 0 saturated carbocycles. The summed E-state index contributed by atoms with van der Waals surface area (Å²) in [5, 5.41) is 8.84. The van der Waals surface area contributed by atoms with Gasteiger partial charge in [-0.25, -0.2) is 0 Å². The van der Waals surface area contributed by atoms with Crippen molar-refractivity contribution in [3.63, 3.8) is 0 Å². The van der Waals surface area contributed by atoms with Crippen LogP contribution in [-0.2, 0) is 11.2 Å². The molecule has 4 nitrogen and oxygen atoms in total. The van der Waals surface area contributed by atoms with Gasteiger partial charge in [0.1, 0.15) is 11.8 Å². The number of aryl methyl sites for hydroxylation is 1. The maximum absolute atomic E-state index is 10.8. The molecule has 4 heteroatoms. The van der Waals surface area contributed by atoms with Crippen molar-refractivity contribution in [3.8, 4) is 5.75 Å². The Morgan fingerprint density at radius 2 is 2.27 bits per heavy atom. The number of nitrogens with two attached hydrogens (primary N) is 1. The van der Waals surface area contributed by atoms with Gasteiger partial charge in [0.2, 0.25) is 0 Å². The molecule has 0 amide bonds. The van der Waals surface area contributed by atoms with E-state index in [0.29, 0.717) is 11.3 Å². The fourth-order valence-electron chi connectivity index (χ4n) is 1.38. The quantitative estimate of drug-likeness (QED) is 0.784. The molecular formula is C11H15NO3. The molecule has 0 aliphatic heterocycles. The van der Waals surface area contributed by atoms with Gasteiger partial charge in [0.25, 0.3) is 0 Å². The molecule has 3 N–H and O–H groups in total. The molecule has 15 heavy (non-hydrogen) atoms. The molecule has 82 valence electrons. The van der Waals surface area contributed by atoms with Gasteiger partial charge >= 0.3 is 5.97 Å². The highest BCUT2D eigenvalue weighted by molar-refractivity contribution is 5.76. The van der Waals surface area contributed by atoms with E-state index >= 15 is 0 Å². The minimum Gasteiger partial charge on any atom is -0.496 e. The molecule has 0 aliphatic rings. The standard InChI is InChI=1S/C11H15NO3/c1-3-7-4-5-9(15-2)8(6-7)10(12)11(13)14/h4-6,10H,3,12H2,1-2H3,(H,13,14)/t10-/m0/s1. The molecule has 1 aromatic carbocycles. The summed E-state index contributed by atoms with van der Waals surface area (Å²) in [4.78, 5) is 10.8. The smallest absolute Gasteiger partial charge is 0.325 e. The first-order valence-corrected chi connectivity index (χ1v) is 4.75. The molecule has 0 heterocycles. The van der Waals surface area contributed by atoms with E-state index in [4.69, 9.17) is 15.6 Å². The van der Waals surface area contributed by atoms with Crippen LogP contribution < -0.4 is 10.5 Å². The van der Waals surface area contributed by atoms with Crippen LogP contribution in [0.3, 0.4) is 0 Å². The molecule has 1 aromatic rings. The first kappa shape index (κ1) is 11.5. The predicted octanol–water partition coefficient (Wildman–Crippen LogP) is 1.34. The second kappa shape index (κ2) is 4.79. The summed E-state index contributed by atoms with van der Waals surface area (Å²) < 4.78 is 5.07. The van der Waals surface area contributed by atoms with E-state index in [1.54, 1.807) is 12.1 Å². The van der Waals surface area contributed by atoms with Gasteiger partial charge in [-0.2, -0.15) is 0 Å². The van der Waals surface area contributed by atoms with Crippen molar-refractivity contribution in [1.29, 1.82) is 0 Å². The molecule has 0 saturated heterocycles. The van der Waals surface area contributed by atoms with Crippen molar-refractivity contribution < 1.29 is 14.6 Å². The third-order valence-corrected chi connectivity index (χ3v) is 2.30. The van der Waals surface area contributed by atoms with Crippen LogP contribution in [0.15, 0.2) is 18.2 Å². The molecule has 0 radical (unpaired) electrons. The minimum atomic E-state index is -1.05. The number of hydrogen-bond donors (Lipinski definition) is 2. The number of rotatable bonds is 4. The Bertz CT molecular complexity index is 363. The maximum Gasteiger partial charge on any atom is 0.325 e. The van der Waals surface area contributed by atoms with Gasteiger partial charge in [-0.1, -0.05) is 13.0 Å². The summed E-state index contributed by atoms with van der Waals surface area (Å²) in [6.07, 6.45) is 0.837. The SMILES string of the molecule is CCc1ccc(OC)c([C@H](N)C(=O)O)c1. The average molecular weight is 209 g/mol. The van der Waals surface area contributed by atoms with Gasteiger partial charge in [-0.15, -0.1) is 0 Å². The van der Waals surface area contributed by atoms with Crippen LogP contribution in [0.5, 0.6) is 5.75 Å². The Balaban J connectivity index is 3.16. The second-order valence-electron chi connectivity index (χ2n) is 3.25. The number of carboxylic acid groups (broad SMARTS) is 1. The van der Waals surface area contributed by atoms with Crippen LogP contribution in [0, 0.1) is 0 Å². The highest BCUT2D eigenvalue weighted by Crippen LogP contribution is 2.25. The number of benzene rings is 1. The Labute approximate surface area is 88.7 Å². The van der Waals surface area contributed by atoms with E-state index in [9.17, 15) is 4.79 Å². The van der Waals surface area contributed by atoms with Crippen LogP contribution in [0.1, 0.15) is 24.1 Å². The van der Waals surface area contributed by atoms with Gasteiger partial charge in [0.05, 0.1) is 7.11 Å². The molecule has 0 spiro atoms. The average Bonchev–Trinajstić information content (AvgIpc) is 2.27. The zero-order valence-electron chi connectivity index (χ0n) is 8.86. The Morgan fingerprint density at radius 3 is 2.73 bits per heavy atom. The van der Waals surface area contributed by atoms with E-state index < -0.39 is 12.0 Å². The topological polar surface area (TPSA) is 72.5 Å². The predicted molar refractivity (Wildman–Crippen MR) is 56.9 cm³/mol. The molecule has 0 unspecified atom stereocenters. The van der Waals surface area contributed by atoms with E-state index in [1.165, 1.54) is 7.11 Å². The molecule has 0 aliphatic carbocycles. The minimum absolute atomic E-state index is 0.516. The highest BCUT2D eigenvalue weighted by atomic mass is 16.5. The number of methoxy groups -OCH3 is 1. The summed E-state index contributed by atoms with van der Waals surface area (Å²) >= 11 is 0. The summed E-state index contributed by atoms with van der Waals surface area (Å²) in [5.41, 5.74) is 7.12. The number of carboxylic acids is 1. The van der Waals surface area contributed by atoms with E-state index in [1.807, 2.05) is 13.0 Å². The van der Waals surface area contributed by atoms with Gasteiger partial charge in [0.15, 0.2) is 0 Å². The van der Waals surface area contributed by atoms with Gasteiger partial charge in [0, 0.05) is 5.56 Å². The lowest BCUT2D eigenvalue weighted by atomic mass is 10.0. The van der Waals surface area contributed by atoms with Crippen molar-refractivity contribution in [2.45, 2.75) is 19.4 Å². The van der Waals surface area contributed by atoms with Gasteiger partial charge < -0.3 is 15.6 Å². The molecule has 1 atom stereocenters. The third kappa shape index (κ3) is 2.47. The van der Waals surface area contributed by atoms with Crippen LogP contribution in [0.4, 0.5) is 0 Å². The molecule has 0 bridgehead atoms. The zero-order chi connectivity index (χ0) is 11.4.